The number of likely N-dealkylation sites (tertiary alicyclic amines) is 2. The molecular weight excluding hydrogens is 1150 g/mol. The van der Waals surface area contributed by atoms with E-state index in [1.165, 1.54) is 37.1 Å². The number of fused-ring (bicyclic) bond motifs is 2. The number of nitrogens with two attached hydrogens (primary N) is 1. The largest absolute Gasteiger partial charge is 0.468 e. The lowest BCUT2D eigenvalue weighted by molar-refractivity contribution is -0.152. The Labute approximate surface area is 515 Å². The fraction of sp³-hybridized carbons (Fsp3) is 0.508. The van der Waals surface area contributed by atoms with Gasteiger partial charge in [0.15, 0.2) is 11.5 Å². The molecule has 6 amide bonds. The first-order valence-corrected chi connectivity index (χ1v) is 30.6. The number of esters is 1. The van der Waals surface area contributed by atoms with Crippen molar-refractivity contribution in [1.82, 2.24) is 54.9 Å². The summed E-state index contributed by atoms with van der Waals surface area (Å²) in [5.74, 6) is -1.59. The van der Waals surface area contributed by atoms with Crippen LogP contribution in [-0.2, 0) is 61.3 Å². The number of nitrogens with zero attached hydrogens (tertiary/aromatic N) is 10. The van der Waals surface area contributed by atoms with E-state index in [-0.39, 0.29) is 86.8 Å². The summed E-state index contributed by atoms with van der Waals surface area (Å²) in [5, 5.41) is 19.2. The number of likely N-dealkylation sites (N-methyl/N-ethyl adjacent to an activating group) is 1. The number of ether oxygens (including phenoxy) is 4. The molecule has 10 rings (SSSR count). The molecule has 3 aliphatic heterocycles. The fourth-order valence-electron chi connectivity index (χ4n) is 12.4. The van der Waals surface area contributed by atoms with Gasteiger partial charge >= 0.3 is 5.97 Å². The minimum absolute atomic E-state index is 0.0435. The van der Waals surface area contributed by atoms with Crippen LogP contribution in [0.15, 0.2) is 67.0 Å². The van der Waals surface area contributed by atoms with Crippen molar-refractivity contribution in [1.29, 1.82) is 0 Å². The number of nitrogens with one attached hydrogen (secondary N) is 3. The van der Waals surface area contributed by atoms with Crippen LogP contribution in [0.3, 0.4) is 0 Å². The lowest BCUT2D eigenvalue weighted by Gasteiger charge is -2.59. The van der Waals surface area contributed by atoms with Gasteiger partial charge in [0, 0.05) is 106 Å². The van der Waals surface area contributed by atoms with E-state index in [4.69, 9.17) is 30.0 Å². The van der Waals surface area contributed by atoms with Crippen LogP contribution in [0.2, 0.25) is 0 Å². The second kappa shape index (κ2) is 29.1. The van der Waals surface area contributed by atoms with Gasteiger partial charge in [-0.25, -0.2) is 14.4 Å². The van der Waals surface area contributed by atoms with Gasteiger partial charge in [0.1, 0.15) is 24.7 Å². The smallest absolute Gasteiger partial charge is 0.325 e. The molecule has 6 heterocycles. The van der Waals surface area contributed by atoms with Gasteiger partial charge in [0.25, 0.3) is 5.91 Å². The molecule has 3 aromatic heterocycles. The minimum atomic E-state index is -0.644. The number of piperidine rings is 2. The molecule has 0 bridgehead atoms. The molecule has 0 unspecified atom stereocenters. The number of amides is 6. The van der Waals surface area contributed by atoms with Crippen molar-refractivity contribution in [2.75, 3.05) is 123 Å². The normalized spacial score (nSPS) is 15.8. The van der Waals surface area contributed by atoms with E-state index in [1.54, 1.807) is 45.8 Å². The summed E-state index contributed by atoms with van der Waals surface area (Å²) in [7, 11) is 4.49. The van der Waals surface area contributed by atoms with Crippen molar-refractivity contribution < 1.29 is 56.9 Å². The number of methoxy groups -OCH3 is 1. The maximum atomic E-state index is 16.0. The van der Waals surface area contributed by atoms with E-state index >= 15 is 4.39 Å². The molecule has 1 spiro atoms. The average Bonchev–Trinajstić information content (AvgIpc) is 1.72. The van der Waals surface area contributed by atoms with Crippen LogP contribution in [0.4, 0.5) is 21.7 Å². The van der Waals surface area contributed by atoms with Crippen molar-refractivity contribution in [3.05, 3.63) is 89.8 Å². The molecule has 3 saturated heterocycles. The topological polar surface area (TPSA) is 293 Å². The first-order chi connectivity index (χ1) is 43.0. The number of benzene rings is 3. The third kappa shape index (κ3) is 15.6. The van der Waals surface area contributed by atoms with E-state index < -0.39 is 29.5 Å². The van der Waals surface area contributed by atoms with Crippen LogP contribution in [0, 0.1) is 11.2 Å². The molecular formula is C63H79FN14O11. The van der Waals surface area contributed by atoms with Crippen LogP contribution in [0.25, 0.3) is 32.9 Å². The van der Waals surface area contributed by atoms with E-state index in [1.807, 2.05) is 29.2 Å². The molecule has 6 aromatic rings. The summed E-state index contributed by atoms with van der Waals surface area (Å²) in [6.45, 7) is 5.58. The van der Waals surface area contributed by atoms with Gasteiger partial charge in [-0.15, -0.1) is 0 Å². The quantitative estimate of drug-likeness (QED) is 0.0387. The third-order valence-electron chi connectivity index (χ3n) is 17.3. The SMILES string of the molecule is COC(=O)CNC(=O)CN(C)C(=O)Cn1nc(C2CC3(C2)CN(C(=O)CCC(=O)NCCOCCOCCOCCC(=O)N2CCC(c4ccc(Nc5nc(N6CCCCC6)cnc5C(N)=O)cc4)CC2)C3)c2c(-c3cc4c(cnn4C)cc3F)cccc21. The highest BCUT2D eigenvalue weighted by Gasteiger charge is 2.55. The molecule has 1 saturated carbocycles. The van der Waals surface area contributed by atoms with Gasteiger partial charge in [-0.1, -0.05) is 24.3 Å². The summed E-state index contributed by atoms with van der Waals surface area (Å²) < 4.78 is 40.8. The number of carbonyl (C=O) groups is 7. The van der Waals surface area contributed by atoms with Crippen molar-refractivity contribution in [3.8, 4) is 11.1 Å². The lowest BCUT2D eigenvalue weighted by atomic mass is 9.56. The minimum Gasteiger partial charge on any atom is -0.468 e. The maximum absolute atomic E-state index is 16.0. The second-order valence-electron chi connectivity index (χ2n) is 23.5. The third-order valence-corrected chi connectivity index (χ3v) is 17.3. The molecule has 0 atom stereocenters. The van der Waals surface area contributed by atoms with Gasteiger partial charge in [-0.3, -0.25) is 42.9 Å². The molecule has 89 heavy (non-hydrogen) atoms. The zero-order chi connectivity index (χ0) is 62.6. The van der Waals surface area contributed by atoms with E-state index in [0.29, 0.717) is 117 Å². The zero-order valence-electron chi connectivity index (χ0n) is 50.8. The Hall–Kier alpha value is -8.62. The number of hydrogen-bond donors (Lipinski definition) is 4. The van der Waals surface area contributed by atoms with Crippen LogP contribution in [-0.4, -0.2) is 198 Å². The predicted octanol–water partition coefficient (Wildman–Crippen LogP) is 4.55. The van der Waals surface area contributed by atoms with E-state index in [0.717, 1.165) is 55.8 Å². The van der Waals surface area contributed by atoms with Gasteiger partial charge in [-0.05, 0) is 92.3 Å². The number of hydrogen-bond acceptors (Lipinski definition) is 17. The van der Waals surface area contributed by atoms with Gasteiger partial charge in [0.2, 0.25) is 29.5 Å². The Balaban J connectivity index is 0.580. The molecule has 26 heteroatoms. The molecule has 474 valence electrons. The van der Waals surface area contributed by atoms with Crippen LogP contribution in [0.5, 0.6) is 0 Å². The maximum Gasteiger partial charge on any atom is 0.325 e. The van der Waals surface area contributed by atoms with Gasteiger partial charge in [-0.2, -0.15) is 10.2 Å². The highest BCUT2D eigenvalue weighted by Crippen LogP contribution is 2.57. The summed E-state index contributed by atoms with van der Waals surface area (Å²) in [4.78, 5) is 105. The van der Waals surface area contributed by atoms with Crippen LogP contribution < -0.4 is 26.6 Å². The Morgan fingerprint density at radius 1 is 0.764 bits per heavy atom. The standard InChI is InChI=1S/C63H79FN14O11/c1-73(37-53(80)67-36-57(84)86-3)56(83)38-78-49-9-7-8-46(47-31-50-43(30-48(47)64)34-69-74(50)2)58(49)59(72-78)44-32-63(33-44)39-77(40-63)54(81)15-14-52(79)66-19-25-88-27-29-89-28-26-87-24-18-55(82)76-22-16-42(17-23-76)41-10-12-45(13-11-41)70-62-60(61(65)85)68-35-51(71-62)75-20-5-4-6-21-75/h7-13,30-31,34-35,42,44H,4-6,14-29,32-33,36-40H2,1-3H3,(H2,65,85)(H,66,79)(H,67,80)(H,70,71). The molecule has 4 fully saturated rings. The zero-order valence-corrected chi connectivity index (χ0v) is 50.8. The van der Waals surface area contributed by atoms with Crippen molar-refractivity contribution >= 4 is 80.5 Å². The van der Waals surface area contributed by atoms with Crippen molar-refractivity contribution in [2.24, 2.45) is 18.2 Å². The van der Waals surface area contributed by atoms with E-state index in [9.17, 15) is 33.6 Å². The molecule has 1 aliphatic carbocycles. The highest BCUT2D eigenvalue weighted by atomic mass is 19.1. The predicted molar refractivity (Wildman–Crippen MR) is 327 cm³/mol. The first kappa shape index (κ1) is 63.4. The number of aromatic nitrogens is 6. The Kier molecular flexibility index (Phi) is 20.8. The lowest BCUT2D eigenvalue weighted by Crippen LogP contribution is -2.63. The van der Waals surface area contributed by atoms with E-state index in [2.05, 4.69) is 47.8 Å². The first-order valence-electron chi connectivity index (χ1n) is 30.6. The fourth-order valence-corrected chi connectivity index (χ4v) is 12.4. The molecule has 25 nitrogen and oxygen atoms in total. The van der Waals surface area contributed by atoms with Gasteiger partial charge < -0.3 is 60.2 Å². The number of halogens is 1. The number of aryl methyl sites for hydroxylation is 1. The Bertz CT molecular complexity index is 3530. The number of rotatable bonds is 28. The summed E-state index contributed by atoms with van der Waals surface area (Å²) in [6, 6.07) is 16.8. The summed E-state index contributed by atoms with van der Waals surface area (Å²) in [6.07, 6.45) is 10.1. The van der Waals surface area contributed by atoms with Crippen LogP contribution in [0.1, 0.15) is 97.8 Å². The summed E-state index contributed by atoms with van der Waals surface area (Å²) >= 11 is 0. The van der Waals surface area contributed by atoms with Crippen molar-refractivity contribution in [2.45, 2.75) is 82.6 Å². The number of anilines is 3. The van der Waals surface area contributed by atoms with Gasteiger partial charge in [0.05, 0.1) is 88.8 Å². The number of carbonyl (C=O) groups excluding carboxylic acids is 7. The molecule has 0 radical (unpaired) electrons. The highest BCUT2D eigenvalue weighted by molar-refractivity contribution is 6.00. The molecule has 5 N–H and O–H groups in total. The Morgan fingerprint density at radius 2 is 1.47 bits per heavy atom. The molecule has 3 aromatic carbocycles. The molecule has 4 aliphatic rings. The van der Waals surface area contributed by atoms with Crippen molar-refractivity contribution in [3.63, 3.8) is 0 Å². The monoisotopic (exact) mass is 1230 g/mol. The Morgan fingerprint density at radius 3 is 2.19 bits per heavy atom. The van der Waals surface area contributed by atoms with Crippen LogP contribution >= 0.6 is 0 Å². The average molecular weight is 1230 g/mol. The summed E-state index contributed by atoms with van der Waals surface area (Å²) in [5.41, 5.74) is 10.6. The second-order valence-corrected chi connectivity index (χ2v) is 23.5. The number of primary amides is 1.